The summed E-state index contributed by atoms with van der Waals surface area (Å²) in [6, 6.07) is 13.0. The summed E-state index contributed by atoms with van der Waals surface area (Å²) in [4.78, 5) is 48.3. The number of carbonyl (C=O) groups is 3. The van der Waals surface area contributed by atoms with Gasteiger partial charge in [-0.2, -0.15) is 0 Å². The second kappa shape index (κ2) is 9.51. The van der Waals surface area contributed by atoms with Crippen molar-refractivity contribution in [1.29, 1.82) is 0 Å². The van der Waals surface area contributed by atoms with E-state index in [1.165, 1.54) is 19.4 Å². The zero-order valence-electron chi connectivity index (χ0n) is 21.9. The average molecular weight is 595 g/mol. The number of nitrogens with zero attached hydrogens (tertiary/aromatic N) is 3. The molecule has 4 heterocycles. The number of carbonyl (C=O) groups excluding carboxylic acids is 3. The molecule has 3 aromatic rings. The summed E-state index contributed by atoms with van der Waals surface area (Å²) in [6.07, 6.45) is 3.45. The molecule has 4 aliphatic rings. The second-order valence-corrected chi connectivity index (χ2v) is 11.9. The van der Waals surface area contributed by atoms with Crippen molar-refractivity contribution < 1.29 is 23.5 Å². The molecule has 1 N–H and O–H groups in total. The lowest BCUT2D eigenvalue weighted by Gasteiger charge is -2.41. The van der Waals surface area contributed by atoms with Gasteiger partial charge < -0.3 is 15.0 Å². The van der Waals surface area contributed by atoms with E-state index in [9.17, 15) is 14.4 Å². The van der Waals surface area contributed by atoms with Crippen molar-refractivity contribution in [3.8, 4) is 0 Å². The molecule has 2 aromatic carbocycles. The van der Waals surface area contributed by atoms with Gasteiger partial charge in [0.15, 0.2) is 11.0 Å². The smallest absolute Gasteiger partial charge is 0.337 e. The normalized spacial score (nSPS) is 26.8. The van der Waals surface area contributed by atoms with Crippen molar-refractivity contribution >= 4 is 52.4 Å². The first-order valence-electron chi connectivity index (χ1n) is 13.4. The summed E-state index contributed by atoms with van der Waals surface area (Å²) < 4.78 is 20.7. The quantitative estimate of drug-likeness (QED) is 0.330. The van der Waals surface area contributed by atoms with Gasteiger partial charge in [-0.15, -0.1) is 0 Å². The predicted molar refractivity (Wildman–Crippen MR) is 151 cm³/mol. The van der Waals surface area contributed by atoms with Crippen molar-refractivity contribution in [3.63, 3.8) is 0 Å². The maximum Gasteiger partial charge on any atom is 0.337 e. The van der Waals surface area contributed by atoms with Gasteiger partial charge in [0.25, 0.3) is 0 Å². The maximum absolute atomic E-state index is 15.9. The SMILES string of the molecule is COC(=O)c1ccc(N2C[C@H]3[C@@H](C2=O)[C@H](c2ccnc(Cl)c2F)[C@]2(C(=O)Nc4cc(Cl)ccc42)N3CC2CC2)cc1. The van der Waals surface area contributed by atoms with Crippen LogP contribution in [0.2, 0.25) is 10.2 Å². The molecule has 3 fully saturated rings. The summed E-state index contributed by atoms with van der Waals surface area (Å²) >= 11 is 12.5. The van der Waals surface area contributed by atoms with Crippen molar-refractivity contribution in [2.75, 3.05) is 30.4 Å². The van der Waals surface area contributed by atoms with E-state index in [2.05, 4.69) is 15.2 Å². The minimum atomic E-state index is -1.35. The molecule has 1 saturated carbocycles. The van der Waals surface area contributed by atoms with Gasteiger partial charge in [0.2, 0.25) is 11.8 Å². The summed E-state index contributed by atoms with van der Waals surface area (Å²) in [5, 5.41) is 3.14. The number of esters is 1. The summed E-state index contributed by atoms with van der Waals surface area (Å²) in [6.45, 7) is 0.874. The van der Waals surface area contributed by atoms with Crippen LogP contribution in [0, 0.1) is 17.7 Å². The number of amides is 2. The van der Waals surface area contributed by atoms with Crippen molar-refractivity contribution in [2.24, 2.45) is 11.8 Å². The van der Waals surface area contributed by atoms with Crippen molar-refractivity contribution in [3.05, 3.63) is 87.4 Å². The van der Waals surface area contributed by atoms with Gasteiger partial charge in [0.1, 0.15) is 5.54 Å². The standard InChI is InChI=1S/C30H25Cl2FN4O4/c1-41-28(39)16-4-7-18(8-5-16)36-14-22-23(27(36)38)24(19-10-11-34-26(32)25(19)33)30(37(22)13-15-2-3-15)20-9-6-17(31)12-21(20)35-29(30)40/h4-12,15,22-24H,2-3,13-14H2,1H3,(H,35,40)/t22-,23+,24-,30+/m0/s1. The Balaban J connectivity index is 1.41. The molecule has 8 nitrogen and oxygen atoms in total. The van der Waals surface area contributed by atoms with Gasteiger partial charge in [-0.25, -0.2) is 14.2 Å². The number of pyridine rings is 1. The number of hydrogen-bond acceptors (Lipinski definition) is 6. The third-order valence-electron chi connectivity index (χ3n) is 8.95. The molecule has 11 heteroatoms. The monoisotopic (exact) mass is 594 g/mol. The second-order valence-electron chi connectivity index (χ2n) is 11.1. The highest BCUT2D eigenvalue weighted by atomic mass is 35.5. The van der Waals surface area contributed by atoms with Crippen LogP contribution in [-0.2, 0) is 19.9 Å². The minimum absolute atomic E-state index is 0.174. The third-order valence-corrected chi connectivity index (χ3v) is 9.45. The first kappa shape index (κ1) is 26.4. The fourth-order valence-electron chi connectivity index (χ4n) is 7.05. The van der Waals surface area contributed by atoms with Crippen LogP contribution in [0.4, 0.5) is 15.8 Å². The molecule has 210 valence electrons. The molecule has 1 spiro atoms. The Morgan fingerprint density at radius 3 is 2.61 bits per heavy atom. The van der Waals surface area contributed by atoms with Crippen molar-refractivity contribution in [2.45, 2.75) is 30.3 Å². The molecule has 2 amide bonds. The number of rotatable bonds is 5. The Hall–Kier alpha value is -3.53. The van der Waals surface area contributed by atoms with E-state index in [0.717, 1.165) is 12.8 Å². The van der Waals surface area contributed by atoms with Gasteiger partial charge >= 0.3 is 5.97 Å². The predicted octanol–water partition coefficient (Wildman–Crippen LogP) is 5.00. The molecule has 1 aliphatic carbocycles. The van der Waals surface area contributed by atoms with Gasteiger partial charge in [0.05, 0.1) is 18.6 Å². The Labute approximate surface area is 245 Å². The summed E-state index contributed by atoms with van der Waals surface area (Å²) in [7, 11) is 1.31. The number of aromatic nitrogens is 1. The van der Waals surface area contributed by atoms with Gasteiger partial charge in [-0.1, -0.05) is 29.3 Å². The number of benzene rings is 2. The summed E-state index contributed by atoms with van der Waals surface area (Å²) in [5.41, 5.74) is 1.01. The topological polar surface area (TPSA) is 91.8 Å². The van der Waals surface area contributed by atoms with Gasteiger partial charge in [-0.3, -0.25) is 14.5 Å². The molecule has 41 heavy (non-hydrogen) atoms. The Morgan fingerprint density at radius 1 is 1.15 bits per heavy atom. The number of hydrogen-bond donors (Lipinski definition) is 1. The van der Waals surface area contributed by atoms with E-state index >= 15 is 4.39 Å². The largest absolute Gasteiger partial charge is 0.465 e. The lowest BCUT2D eigenvalue weighted by Crippen LogP contribution is -2.54. The molecule has 0 bridgehead atoms. The fraction of sp³-hybridized carbons (Fsp3) is 0.333. The Kier molecular flexibility index (Phi) is 6.12. The first-order valence-corrected chi connectivity index (χ1v) is 14.2. The van der Waals surface area contributed by atoms with Crippen LogP contribution < -0.4 is 10.2 Å². The van der Waals surface area contributed by atoms with E-state index in [0.29, 0.717) is 46.5 Å². The van der Waals surface area contributed by atoms with E-state index in [1.807, 2.05) is 0 Å². The number of anilines is 2. The number of fused-ring (bicyclic) bond motifs is 3. The lowest BCUT2D eigenvalue weighted by molar-refractivity contribution is -0.128. The molecule has 7 rings (SSSR count). The maximum atomic E-state index is 15.9. The Morgan fingerprint density at radius 2 is 1.90 bits per heavy atom. The van der Waals surface area contributed by atoms with Crippen LogP contribution in [0.5, 0.6) is 0 Å². The van der Waals surface area contributed by atoms with Crippen LogP contribution in [0.15, 0.2) is 54.7 Å². The molecule has 3 aliphatic heterocycles. The highest BCUT2D eigenvalue weighted by molar-refractivity contribution is 6.31. The molecular formula is C30H25Cl2FN4O4. The van der Waals surface area contributed by atoms with E-state index in [4.69, 9.17) is 27.9 Å². The van der Waals surface area contributed by atoms with Crippen LogP contribution in [0.1, 0.15) is 40.2 Å². The van der Waals surface area contributed by atoms with E-state index < -0.39 is 35.2 Å². The van der Waals surface area contributed by atoms with Crippen molar-refractivity contribution in [1.82, 2.24) is 9.88 Å². The highest BCUT2D eigenvalue weighted by Gasteiger charge is 2.71. The zero-order chi connectivity index (χ0) is 28.6. The molecule has 1 aromatic heterocycles. The number of halogens is 3. The number of methoxy groups -OCH3 is 1. The van der Waals surface area contributed by atoms with Crippen LogP contribution in [-0.4, -0.2) is 53.9 Å². The molecule has 4 atom stereocenters. The molecule has 2 saturated heterocycles. The molecule has 0 unspecified atom stereocenters. The highest BCUT2D eigenvalue weighted by Crippen LogP contribution is 2.62. The van der Waals surface area contributed by atoms with Crippen LogP contribution in [0.3, 0.4) is 0 Å². The molecular weight excluding hydrogens is 570 g/mol. The molecule has 0 radical (unpaired) electrons. The van der Waals surface area contributed by atoms with E-state index in [-0.39, 0.29) is 22.5 Å². The zero-order valence-corrected chi connectivity index (χ0v) is 23.5. The lowest BCUT2D eigenvalue weighted by atomic mass is 9.71. The Bertz CT molecular complexity index is 1610. The number of nitrogens with one attached hydrogen (secondary N) is 1. The first-order chi connectivity index (χ1) is 19.7. The average Bonchev–Trinajstić information content (AvgIpc) is 3.59. The van der Waals surface area contributed by atoms with Gasteiger partial charge in [0, 0.05) is 53.2 Å². The summed E-state index contributed by atoms with van der Waals surface area (Å²) in [5.74, 6) is -3.04. The minimum Gasteiger partial charge on any atom is -0.465 e. The van der Waals surface area contributed by atoms with Gasteiger partial charge in [-0.05, 0) is 66.8 Å². The number of likely N-dealkylation sites (tertiary alicyclic amines) is 1. The van der Waals surface area contributed by atoms with Crippen LogP contribution in [0.25, 0.3) is 0 Å². The van der Waals surface area contributed by atoms with Crippen LogP contribution >= 0.6 is 23.2 Å². The third kappa shape index (κ3) is 3.82. The number of ether oxygens (including phenoxy) is 1. The van der Waals surface area contributed by atoms with E-state index in [1.54, 1.807) is 47.4 Å². The fourth-order valence-corrected chi connectivity index (χ4v) is 7.39.